The van der Waals surface area contributed by atoms with Crippen LogP contribution in [0.5, 0.6) is 0 Å². The molecular weight excluding hydrogens is 243 g/mol. The summed E-state index contributed by atoms with van der Waals surface area (Å²) in [5.41, 5.74) is 2.50. The molecule has 0 saturated carbocycles. The maximum Gasteiger partial charge on any atom is 0.141 e. The normalized spacial score (nSPS) is 18.9. The Bertz CT molecular complexity index is 555. The number of H-pyrrole nitrogens is 1. The number of hydrogen-bond acceptors (Lipinski definition) is 3. The van der Waals surface area contributed by atoms with E-state index in [9.17, 15) is 4.39 Å². The summed E-state index contributed by atoms with van der Waals surface area (Å²) >= 11 is 0. The van der Waals surface area contributed by atoms with Gasteiger partial charge in [-0.05, 0) is 38.4 Å². The van der Waals surface area contributed by atoms with E-state index < -0.39 is 0 Å². The van der Waals surface area contributed by atoms with Crippen LogP contribution in [0.15, 0.2) is 18.3 Å². The number of imidazole rings is 1. The van der Waals surface area contributed by atoms with Crippen molar-refractivity contribution < 1.29 is 4.39 Å². The van der Waals surface area contributed by atoms with E-state index >= 15 is 0 Å². The molecule has 2 N–H and O–H groups in total. The molecule has 0 spiro atoms. The maximum absolute atomic E-state index is 12.9. The van der Waals surface area contributed by atoms with Crippen molar-refractivity contribution in [3.63, 3.8) is 0 Å². The molecule has 2 aromatic heterocycles. The zero-order valence-electron chi connectivity index (χ0n) is 10.9. The van der Waals surface area contributed by atoms with Crippen LogP contribution in [0.1, 0.15) is 24.4 Å². The second-order valence-corrected chi connectivity index (χ2v) is 5.02. The van der Waals surface area contributed by atoms with Gasteiger partial charge in [0.1, 0.15) is 17.3 Å². The quantitative estimate of drug-likeness (QED) is 0.889. The number of pyridine rings is 1. The number of hydrogen-bond donors (Lipinski definition) is 2. The Balaban J connectivity index is 1.82. The van der Waals surface area contributed by atoms with Crippen LogP contribution in [-0.4, -0.2) is 27.5 Å². The third-order valence-electron chi connectivity index (χ3n) is 3.51. The smallest absolute Gasteiger partial charge is 0.141 e. The summed E-state index contributed by atoms with van der Waals surface area (Å²) in [5.74, 6) is 0.644. The van der Waals surface area contributed by atoms with Crippen molar-refractivity contribution in [2.24, 2.45) is 0 Å². The number of aromatic amines is 1. The second-order valence-electron chi connectivity index (χ2n) is 5.02. The van der Waals surface area contributed by atoms with E-state index in [1.54, 1.807) is 6.07 Å². The summed E-state index contributed by atoms with van der Waals surface area (Å²) in [6.45, 7) is 3.07. The largest absolute Gasteiger partial charge is 0.345 e. The first-order chi connectivity index (χ1) is 9.22. The lowest BCUT2D eigenvalue weighted by atomic mass is 10.1. The van der Waals surface area contributed by atoms with E-state index in [2.05, 4.69) is 20.3 Å². The molecule has 1 atom stereocenters. The van der Waals surface area contributed by atoms with Gasteiger partial charge in [0.2, 0.25) is 0 Å². The fraction of sp³-hybridized carbons (Fsp3) is 0.429. The monoisotopic (exact) mass is 260 g/mol. The lowest BCUT2D eigenvalue weighted by Gasteiger charge is -2.06. The van der Waals surface area contributed by atoms with Gasteiger partial charge in [0.15, 0.2) is 0 Å². The molecule has 3 rings (SSSR count). The Morgan fingerprint density at radius 1 is 1.42 bits per heavy atom. The van der Waals surface area contributed by atoms with E-state index in [0.29, 0.717) is 11.7 Å². The molecule has 5 heteroatoms. The van der Waals surface area contributed by atoms with Crippen molar-refractivity contribution in [3.05, 3.63) is 35.7 Å². The standard InChI is InChI=1S/C14H17FN4/c1-9-14(12-5-4-10(15)8-17-12)19-13(18-9)7-11-3-2-6-16-11/h4-5,8,11,16H,2-3,6-7H2,1H3,(H,18,19). The van der Waals surface area contributed by atoms with Gasteiger partial charge >= 0.3 is 0 Å². The summed E-state index contributed by atoms with van der Waals surface area (Å²) in [5, 5.41) is 3.46. The van der Waals surface area contributed by atoms with Gasteiger partial charge in [0.05, 0.1) is 11.9 Å². The molecule has 0 aromatic carbocycles. The van der Waals surface area contributed by atoms with Gasteiger partial charge in [-0.1, -0.05) is 0 Å². The summed E-state index contributed by atoms with van der Waals surface area (Å²) in [6, 6.07) is 3.59. The minimum atomic E-state index is -0.327. The second kappa shape index (κ2) is 5.09. The Morgan fingerprint density at radius 3 is 3.00 bits per heavy atom. The van der Waals surface area contributed by atoms with Gasteiger partial charge in [-0.25, -0.2) is 9.37 Å². The van der Waals surface area contributed by atoms with E-state index in [0.717, 1.165) is 30.2 Å². The van der Waals surface area contributed by atoms with E-state index in [1.165, 1.54) is 25.1 Å². The summed E-state index contributed by atoms with van der Waals surface area (Å²) in [7, 11) is 0. The lowest BCUT2D eigenvalue weighted by molar-refractivity contribution is 0.588. The number of nitrogens with zero attached hydrogens (tertiary/aromatic N) is 2. The molecule has 1 unspecified atom stereocenters. The Morgan fingerprint density at radius 2 is 2.32 bits per heavy atom. The van der Waals surface area contributed by atoms with Crippen LogP contribution < -0.4 is 5.32 Å². The Hall–Kier alpha value is -1.75. The van der Waals surface area contributed by atoms with Gasteiger partial charge in [-0.3, -0.25) is 4.98 Å². The first-order valence-electron chi connectivity index (χ1n) is 6.63. The molecule has 0 bridgehead atoms. The van der Waals surface area contributed by atoms with Gasteiger partial charge in [-0.2, -0.15) is 0 Å². The molecule has 19 heavy (non-hydrogen) atoms. The maximum atomic E-state index is 12.9. The molecule has 2 aromatic rings. The zero-order chi connectivity index (χ0) is 13.2. The number of rotatable bonds is 3. The molecule has 0 radical (unpaired) electrons. The minimum absolute atomic E-state index is 0.327. The summed E-state index contributed by atoms with van der Waals surface area (Å²) in [6.07, 6.45) is 4.56. The number of aromatic nitrogens is 3. The number of halogens is 1. The zero-order valence-corrected chi connectivity index (χ0v) is 10.9. The van der Waals surface area contributed by atoms with Crippen molar-refractivity contribution in [2.45, 2.75) is 32.2 Å². The molecule has 1 fully saturated rings. The molecule has 1 aliphatic heterocycles. The van der Waals surface area contributed by atoms with Crippen molar-refractivity contribution in [3.8, 4) is 11.4 Å². The fourth-order valence-corrected chi connectivity index (χ4v) is 2.55. The van der Waals surface area contributed by atoms with Crippen LogP contribution >= 0.6 is 0 Å². The molecular formula is C14H17FN4. The first-order valence-corrected chi connectivity index (χ1v) is 6.63. The fourth-order valence-electron chi connectivity index (χ4n) is 2.55. The molecule has 1 saturated heterocycles. The van der Waals surface area contributed by atoms with Crippen LogP contribution in [0.3, 0.4) is 0 Å². The first kappa shape index (κ1) is 12.3. The topological polar surface area (TPSA) is 53.6 Å². The van der Waals surface area contributed by atoms with Gasteiger partial charge in [0.25, 0.3) is 0 Å². The van der Waals surface area contributed by atoms with Gasteiger partial charge < -0.3 is 10.3 Å². The van der Waals surface area contributed by atoms with Crippen LogP contribution in [0.2, 0.25) is 0 Å². The highest BCUT2D eigenvalue weighted by atomic mass is 19.1. The average Bonchev–Trinajstić information content (AvgIpc) is 3.01. The summed E-state index contributed by atoms with van der Waals surface area (Å²) in [4.78, 5) is 12.0. The van der Waals surface area contributed by atoms with Crippen LogP contribution in [0, 0.1) is 12.7 Å². The van der Waals surface area contributed by atoms with Crippen molar-refractivity contribution in [1.29, 1.82) is 0 Å². The molecule has 1 aliphatic rings. The predicted octanol–water partition coefficient (Wildman–Crippen LogP) is 2.21. The lowest BCUT2D eigenvalue weighted by Crippen LogP contribution is -2.24. The predicted molar refractivity (Wildman–Crippen MR) is 71.2 cm³/mol. The van der Waals surface area contributed by atoms with Gasteiger partial charge in [-0.15, -0.1) is 0 Å². The highest BCUT2D eigenvalue weighted by Crippen LogP contribution is 2.20. The summed E-state index contributed by atoms with van der Waals surface area (Å²) < 4.78 is 12.9. The van der Waals surface area contributed by atoms with E-state index in [-0.39, 0.29) is 5.82 Å². The SMILES string of the molecule is Cc1[nH]c(CC2CCCN2)nc1-c1ccc(F)cn1. The van der Waals surface area contributed by atoms with E-state index in [4.69, 9.17) is 0 Å². The highest BCUT2D eigenvalue weighted by Gasteiger charge is 2.17. The third kappa shape index (κ3) is 2.66. The van der Waals surface area contributed by atoms with Crippen LogP contribution in [0.25, 0.3) is 11.4 Å². The van der Waals surface area contributed by atoms with Gasteiger partial charge in [0, 0.05) is 18.2 Å². The van der Waals surface area contributed by atoms with Crippen LogP contribution in [0.4, 0.5) is 4.39 Å². The number of nitrogens with one attached hydrogen (secondary N) is 2. The van der Waals surface area contributed by atoms with Crippen molar-refractivity contribution in [1.82, 2.24) is 20.3 Å². The Kier molecular flexibility index (Phi) is 3.29. The van der Waals surface area contributed by atoms with Crippen molar-refractivity contribution in [2.75, 3.05) is 6.54 Å². The third-order valence-corrected chi connectivity index (χ3v) is 3.51. The van der Waals surface area contributed by atoms with Crippen molar-refractivity contribution >= 4 is 0 Å². The number of aryl methyl sites for hydroxylation is 1. The minimum Gasteiger partial charge on any atom is -0.345 e. The average molecular weight is 260 g/mol. The van der Waals surface area contributed by atoms with E-state index in [1.807, 2.05) is 6.92 Å². The Labute approximate surface area is 111 Å². The van der Waals surface area contributed by atoms with Crippen LogP contribution in [-0.2, 0) is 6.42 Å². The molecule has 100 valence electrons. The highest BCUT2D eigenvalue weighted by molar-refractivity contribution is 5.57. The molecule has 0 amide bonds. The molecule has 4 nitrogen and oxygen atoms in total. The molecule has 0 aliphatic carbocycles. The molecule has 3 heterocycles.